The molecule has 5 heterocycles. The Labute approximate surface area is 233 Å². The number of fused-ring (bicyclic) bond motifs is 3. The molecular weight excluding hydrogens is 519 g/mol. The van der Waals surface area contributed by atoms with E-state index in [1.807, 2.05) is 4.90 Å². The fourth-order valence-electron chi connectivity index (χ4n) is 7.51. The third kappa shape index (κ3) is 4.28. The highest BCUT2D eigenvalue weighted by molar-refractivity contribution is 6.30. The van der Waals surface area contributed by atoms with Crippen molar-refractivity contribution in [1.29, 1.82) is 0 Å². The monoisotopic (exact) mass is 556 g/mol. The molecule has 10 heteroatoms. The Bertz CT molecular complexity index is 1430. The zero-order chi connectivity index (χ0) is 27.6. The Morgan fingerprint density at radius 1 is 1.28 bits per heavy atom. The molecule has 0 spiro atoms. The third-order valence-corrected chi connectivity index (χ3v) is 9.74. The van der Waals surface area contributed by atoms with E-state index in [-0.39, 0.29) is 46.7 Å². The van der Waals surface area contributed by atoms with Gasteiger partial charge in [-0.25, -0.2) is 14.4 Å². The minimum absolute atomic E-state index is 0.0585. The van der Waals surface area contributed by atoms with Crippen LogP contribution in [0.2, 0.25) is 5.15 Å². The Kier molecular flexibility index (Phi) is 6.96. The number of nitrogens with two attached hydrogens (primary N) is 1. The number of likely N-dealkylation sites (tertiary alicyclic amines) is 2. The summed E-state index contributed by atoms with van der Waals surface area (Å²) in [5.74, 6) is 0.469. The van der Waals surface area contributed by atoms with E-state index >= 15 is 4.39 Å². The average molecular weight is 557 g/mol. The minimum Gasteiger partial charge on any atom is -0.472 e. The molecule has 39 heavy (non-hydrogen) atoms. The Balaban J connectivity index is 1.62. The maximum atomic E-state index is 15.5. The third-order valence-electron chi connectivity index (χ3n) is 9.47. The summed E-state index contributed by atoms with van der Waals surface area (Å²) in [5.41, 5.74) is 8.27. The molecule has 0 radical (unpaired) electrons. The maximum Gasteiger partial charge on any atom is 0.223 e. The normalized spacial score (nSPS) is 28.4. The summed E-state index contributed by atoms with van der Waals surface area (Å²) in [6.45, 7) is 8.24. The molecule has 3 aromatic rings. The van der Waals surface area contributed by atoms with E-state index in [0.29, 0.717) is 23.7 Å². The molecule has 0 bridgehead atoms. The van der Waals surface area contributed by atoms with Gasteiger partial charge in [-0.1, -0.05) is 18.5 Å². The van der Waals surface area contributed by atoms with Crippen molar-refractivity contribution in [1.82, 2.24) is 24.3 Å². The van der Waals surface area contributed by atoms with E-state index in [0.717, 1.165) is 61.8 Å². The van der Waals surface area contributed by atoms with E-state index in [4.69, 9.17) is 27.1 Å². The number of likely N-dealkylation sites (N-methyl/N-ethyl adjacent to an activating group) is 1. The molecule has 210 valence electrons. The summed E-state index contributed by atoms with van der Waals surface area (Å²) < 4.78 is 24.5. The molecule has 2 N–H and O–H groups in total. The summed E-state index contributed by atoms with van der Waals surface area (Å²) in [6, 6.07) is 2.42. The van der Waals surface area contributed by atoms with Gasteiger partial charge in [0.1, 0.15) is 11.6 Å². The highest BCUT2D eigenvalue weighted by Crippen LogP contribution is 2.50. The molecule has 3 aromatic heterocycles. The number of ether oxygens (including phenoxy) is 1. The van der Waals surface area contributed by atoms with E-state index in [9.17, 15) is 4.79 Å². The van der Waals surface area contributed by atoms with Crippen molar-refractivity contribution in [2.75, 3.05) is 26.7 Å². The van der Waals surface area contributed by atoms with Crippen molar-refractivity contribution in [3.05, 3.63) is 28.9 Å². The van der Waals surface area contributed by atoms with Crippen LogP contribution in [0.15, 0.2) is 12.3 Å². The van der Waals surface area contributed by atoms with Crippen LogP contribution in [-0.4, -0.2) is 69.1 Å². The lowest BCUT2D eigenvalue weighted by Crippen LogP contribution is -2.42. The molecule has 0 unspecified atom stereocenters. The molecule has 3 aliphatic rings. The van der Waals surface area contributed by atoms with Crippen LogP contribution in [0.4, 0.5) is 4.39 Å². The Morgan fingerprint density at radius 2 is 2.05 bits per heavy atom. The summed E-state index contributed by atoms with van der Waals surface area (Å²) >= 11 is 6.15. The molecular formula is C29H38ClFN6O2. The fraction of sp³-hybridized carbons (Fsp3) is 0.621. The standard InChI is InChI=1S/C29H38ClFN6O2/c1-15-11-18(13-32)26(15)37-23(22-8-6-10-36(22)17(3)38)12-19-27(37)20-14-33-28(30)24(31)25(20)34-29(19)39-16(2)21-7-5-9-35(21)4/h12,14-16,18,21-22,26H,5-11,13,32H2,1-4H3/t15-,16-,18+,21-,22+,26+/m0/s1. The predicted molar refractivity (Wildman–Crippen MR) is 150 cm³/mol. The van der Waals surface area contributed by atoms with Gasteiger partial charge in [0.25, 0.3) is 0 Å². The van der Waals surface area contributed by atoms with Crippen molar-refractivity contribution < 1.29 is 13.9 Å². The first-order valence-corrected chi connectivity index (χ1v) is 14.6. The molecule has 8 nitrogen and oxygen atoms in total. The van der Waals surface area contributed by atoms with E-state index in [1.54, 1.807) is 13.1 Å². The van der Waals surface area contributed by atoms with Crippen molar-refractivity contribution in [2.45, 2.75) is 77.1 Å². The number of hydrogen-bond donors (Lipinski definition) is 1. The van der Waals surface area contributed by atoms with Crippen LogP contribution in [0.1, 0.15) is 70.7 Å². The van der Waals surface area contributed by atoms with Gasteiger partial charge in [-0.3, -0.25) is 9.69 Å². The molecule has 1 aliphatic carbocycles. The van der Waals surface area contributed by atoms with E-state index in [1.165, 1.54) is 0 Å². The number of halogens is 2. The summed E-state index contributed by atoms with van der Waals surface area (Å²) in [4.78, 5) is 25.8. The first-order chi connectivity index (χ1) is 18.7. The van der Waals surface area contributed by atoms with Gasteiger partial charge in [-0.2, -0.15) is 0 Å². The smallest absolute Gasteiger partial charge is 0.223 e. The van der Waals surface area contributed by atoms with Gasteiger partial charge < -0.3 is 19.9 Å². The van der Waals surface area contributed by atoms with Crippen molar-refractivity contribution in [3.8, 4) is 5.88 Å². The second-order valence-corrected chi connectivity index (χ2v) is 12.2. The zero-order valence-electron chi connectivity index (χ0n) is 23.2. The lowest BCUT2D eigenvalue weighted by molar-refractivity contribution is -0.129. The van der Waals surface area contributed by atoms with Gasteiger partial charge in [-0.05, 0) is 77.1 Å². The first-order valence-electron chi connectivity index (χ1n) is 14.2. The minimum atomic E-state index is -0.649. The van der Waals surface area contributed by atoms with Gasteiger partial charge in [0.2, 0.25) is 11.8 Å². The number of carbonyl (C=O) groups is 1. The molecule has 6 rings (SSSR count). The largest absolute Gasteiger partial charge is 0.472 e. The first kappa shape index (κ1) is 26.7. The van der Waals surface area contributed by atoms with E-state index in [2.05, 4.69) is 41.4 Å². The highest BCUT2D eigenvalue weighted by atomic mass is 35.5. The predicted octanol–water partition coefficient (Wildman–Crippen LogP) is 5.08. The molecule has 0 aromatic carbocycles. The molecule has 1 amide bonds. The number of amides is 1. The van der Waals surface area contributed by atoms with Crippen molar-refractivity contribution >= 4 is 39.3 Å². The van der Waals surface area contributed by atoms with Gasteiger partial charge in [0.05, 0.1) is 16.9 Å². The van der Waals surface area contributed by atoms with Crippen LogP contribution in [0, 0.1) is 17.7 Å². The Hall–Kier alpha value is -2.49. The molecule has 2 aliphatic heterocycles. The van der Waals surface area contributed by atoms with Crippen LogP contribution >= 0.6 is 11.6 Å². The summed E-state index contributed by atoms with van der Waals surface area (Å²) in [6.07, 6.45) is 6.47. The number of aromatic nitrogens is 3. The van der Waals surface area contributed by atoms with Gasteiger partial charge >= 0.3 is 0 Å². The lowest BCUT2D eigenvalue weighted by Gasteiger charge is -2.45. The van der Waals surface area contributed by atoms with Crippen molar-refractivity contribution in [2.24, 2.45) is 17.6 Å². The Morgan fingerprint density at radius 3 is 2.72 bits per heavy atom. The van der Waals surface area contributed by atoms with Crippen LogP contribution in [0.3, 0.4) is 0 Å². The lowest BCUT2D eigenvalue weighted by atomic mass is 9.70. The van der Waals surface area contributed by atoms with Gasteiger partial charge in [0.15, 0.2) is 11.0 Å². The number of rotatable bonds is 6. The zero-order valence-corrected chi connectivity index (χ0v) is 23.9. The topological polar surface area (TPSA) is 89.5 Å². The molecule has 6 atom stereocenters. The van der Waals surface area contributed by atoms with Crippen LogP contribution in [0.25, 0.3) is 21.8 Å². The second-order valence-electron chi connectivity index (χ2n) is 11.8. The van der Waals surface area contributed by atoms with Crippen LogP contribution in [-0.2, 0) is 4.79 Å². The quantitative estimate of drug-likeness (QED) is 0.426. The summed E-state index contributed by atoms with van der Waals surface area (Å²) in [7, 11) is 2.11. The number of pyridine rings is 2. The fourth-order valence-corrected chi connectivity index (χ4v) is 7.65. The summed E-state index contributed by atoms with van der Waals surface area (Å²) in [5, 5.41) is 1.20. The highest BCUT2D eigenvalue weighted by Gasteiger charge is 2.43. The van der Waals surface area contributed by atoms with E-state index < -0.39 is 5.82 Å². The second kappa shape index (κ2) is 10.2. The average Bonchev–Trinajstić information content (AvgIpc) is 3.64. The van der Waals surface area contributed by atoms with Crippen LogP contribution in [0.5, 0.6) is 5.88 Å². The maximum absolute atomic E-state index is 15.5. The number of nitrogens with zero attached hydrogens (tertiary/aromatic N) is 5. The molecule has 1 saturated carbocycles. The van der Waals surface area contributed by atoms with Gasteiger partial charge in [0, 0.05) is 42.8 Å². The SMILES string of the molecule is CC(=O)N1CCC[C@@H]1c1cc2c(O[C@@H](C)[C@@H]3CCCN3C)nc3c(F)c(Cl)ncc3c2n1[C@H]1[C@@H](CN)C[C@@H]1C. The molecule has 2 saturated heterocycles. The van der Waals surface area contributed by atoms with Crippen LogP contribution < -0.4 is 10.5 Å². The van der Waals surface area contributed by atoms with Gasteiger partial charge in [-0.15, -0.1) is 0 Å². The number of hydrogen-bond acceptors (Lipinski definition) is 6. The molecule has 3 fully saturated rings. The number of carbonyl (C=O) groups excluding carboxylic acids is 1. The van der Waals surface area contributed by atoms with Crippen molar-refractivity contribution in [3.63, 3.8) is 0 Å².